The van der Waals surface area contributed by atoms with Crippen LogP contribution in [0.2, 0.25) is 0 Å². The van der Waals surface area contributed by atoms with Gasteiger partial charge in [-0.1, -0.05) is 17.7 Å². The van der Waals surface area contributed by atoms with E-state index in [1.807, 2.05) is 19.9 Å². The van der Waals surface area contributed by atoms with Crippen LogP contribution < -0.4 is 0 Å². The van der Waals surface area contributed by atoms with Crippen LogP contribution in [0.1, 0.15) is 46.0 Å². The lowest BCUT2D eigenvalue weighted by atomic mass is 9.85. The molecule has 0 aromatic carbocycles. The third-order valence-corrected chi connectivity index (χ3v) is 3.43. The minimum Gasteiger partial charge on any atom is -0.469 e. The maximum Gasteiger partial charge on any atom is 0.305 e. The first-order valence-electron chi connectivity index (χ1n) is 6.48. The van der Waals surface area contributed by atoms with Gasteiger partial charge in [-0.05, 0) is 45.1 Å². The SMILES string of the molecule is COC(=O)CC/C(C)=C/C[C@H]1CCC=C(C)C1=O. The average Bonchev–Trinajstić information content (AvgIpc) is 2.37. The van der Waals surface area contributed by atoms with Gasteiger partial charge in [0.05, 0.1) is 7.11 Å². The Kier molecular flexibility index (Phi) is 5.83. The van der Waals surface area contributed by atoms with Crippen LogP contribution in [0.4, 0.5) is 0 Å². The molecule has 3 nitrogen and oxygen atoms in total. The Balaban J connectivity index is 2.41. The Morgan fingerprint density at radius 1 is 1.50 bits per heavy atom. The Morgan fingerprint density at radius 3 is 2.89 bits per heavy atom. The van der Waals surface area contributed by atoms with Gasteiger partial charge in [-0.3, -0.25) is 9.59 Å². The molecule has 0 radical (unpaired) electrons. The highest BCUT2D eigenvalue weighted by atomic mass is 16.5. The summed E-state index contributed by atoms with van der Waals surface area (Å²) in [5, 5.41) is 0. The van der Waals surface area contributed by atoms with E-state index in [4.69, 9.17) is 0 Å². The average molecular weight is 250 g/mol. The zero-order valence-corrected chi connectivity index (χ0v) is 11.5. The lowest BCUT2D eigenvalue weighted by Crippen LogP contribution is -2.18. The van der Waals surface area contributed by atoms with Gasteiger partial charge < -0.3 is 4.74 Å². The molecule has 1 aliphatic carbocycles. The largest absolute Gasteiger partial charge is 0.469 e. The molecular formula is C15H22O3. The summed E-state index contributed by atoms with van der Waals surface area (Å²) in [5.74, 6) is 0.219. The smallest absolute Gasteiger partial charge is 0.305 e. The quantitative estimate of drug-likeness (QED) is 0.556. The second kappa shape index (κ2) is 7.14. The Hall–Kier alpha value is -1.38. The molecule has 0 bridgehead atoms. The highest BCUT2D eigenvalue weighted by Gasteiger charge is 2.21. The molecule has 0 N–H and O–H groups in total. The van der Waals surface area contributed by atoms with E-state index in [1.54, 1.807) is 0 Å². The highest BCUT2D eigenvalue weighted by molar-refractivity contribution is 5.97. The van der Waals surface area contributed by atoms with Crippen LogP contribution in [0, 0.1) is 5.92 Å². The van der Waals surface area contributed by atoms with Gasteiger partial charge in [-0.2, -0.15) is 0 Å². The molecule has 0 unspecified atom stereocenters. The standard InChI is InChI=1S/C15H22O3/c1-11(8-10-14(16)18-3)7-9-13-6-4-5-12(2)15(13)17/h5,7,13H,4,6,8-10H2,1-3H3/b11-7+/t13-/m1/s1. The van der Waals surface area contributed by atoms with Gasteiger partial charge in [0.1, 0.15) is 0 Å². The normalized spacial score (nSPS) is 20.6. The van der Waals surface area contributed by atoms with Crippen molar-refractivity contribution in [3.63, 3.8) is 0 Å². The number of Topliss-reactive ketones (excluding diaryl/α,β-unsaturated/α-hetero) is 1. The topological polar surface area (TPSA) is 43.4 Å². The zero-order chi connectivity index (χ0) is 13.5. The third-order valence-electron chi connectivity index (χ3n) is 3.43. The molecule has 0 fully saturated rings. The van der Waals surface area contributed by atoms with E-state index in [0.29, 0.717) is 12.8 Å². The summed E-state index contributed by atoms with van der Waals surface area (Å²) in [6.07, 6.45) is 7.96. The number of ether oxygens (including phenoxy) is 1. The van der Waals surface area contributed by atoms with Crippen LogP contribution in [0.15, 0.2) is 23.3 Å². The molecule has 0 saturated heterocycles. The van der Waals surface area contributed by atoms with Gasteiger partial charge >= 0.3 is 5.97 Å². The van der Waals surface area contributed by atoms with E-state index < -0.39 is 0 Å². The number of esters is 1. The molecule has 3 heteroatoms. The van der Waals surface area contributed by atoms with Gasteiger partial charge in [-0.15, -0.1) is 0 Å². The first kappa shape index (κ1) is 14.7. The fourth-order valence-electron chi connectivity index (χ4n) is 2.13. The molecule has 0 aliphatic heterocycles. The summed E-state index contributed by atoms with van der Waals surface area (Å²) >= 11 is 0. The predicted molar refractivity (Wildman–Crippen MR) is 71.1 cm³/mol. The van der Waals surface area contributed by atoms with Crippen molar-refractivity contribution in [3.05, 3.63) is 23.3 Å². The molecular weight excluding hydrogens is 228 g/mol. The van der Waals surface area contributed by atoms with E-state index in [-0.39, 0.29) is 17.7 Å². The molecule has 1 atom stereocenters. The summed E-state index contributed by atoms with van der Waals surface area (Å²) in [7, 11) is 1.40. The molecule has 1 aliphatic rings. The molecule has 0 amide bonds. The number of carbonyl (C=O) groups excluding carboxylic acids is 2. The first-order valence-corrected chi connectivity index (χ1v) is 6.48. The lowest BCUT2D eigenvalue weighted by molar-refractivity contribution is -0.140. The van der Waals surface area contributed by atoms with E-state index >= 15 is 0 Å². The molecule has 0 spiro atoms. The number of methoxy groups -OCH3 is 1. The van der Waals surface area contributed by atoms with Crippen molar-refractivity contribution in [1.82, 2.24) is 0 Å². The predicted octanol–water partition coefficient (Wildman–Crippen LogP) is 3.20. The monoisotopic (exact) mass is 250 g/mol. The minimum absolute atomic E-state index is 0.128. The Bertz CT molecular complexity index is 377. The van der Waals surface area contributed by atoms with Crippen LogP contribution in [0.3, 0.4) is 0 Å². The fourth-order valence-corrected chi connectivity index (χ4v) is 2.13. The van der Waals surface area contributed by atoms with Crippen molar-refractivity contribution in [2.24, 2.45) is 5.92 Å². The van der Waals surface area contributed by atoms with Crippen molar-refractivity contribution in [1.29, 1.82) is 0 Å². The number of hydrogen-bond acceptors (Lipinski definition) is 3. The molecule has 0 aromatic rings. The second-order valence-electron chi connectivity index (χ2n) is 4.89. The first-order chi connectivity index (χ1) is 8.54. The molecule has 18 heavy (non-hydrogen) atoms. The fraction of sp³-hybridized carbons (Fsp3) is 0.600. The summed E-state index contributed by atoms with van der Waals surface area (Å²) < 4.78 is 4.60. The van der Waals surface area contributed by atoms with Gasteiger partial charge in [0.2, 0.25) is 0 Å². The Labute approximate surface area is 109 Å². The van der Waals surface area contributed by atoms with E-state index in [2.05, 4.69) is 10.8 Å². The van der Waals surface area contributed by atoms with Gasteiger partial charge in [0.25, 0.3) is 0 Å². The number of hydrogen-bond donors (Lipinski definition) is 0. The van der Waals surface area contributed by atoms with Crippen molar-refractivity contribution in [2.75, 3.05) is 7.11 Å². The highest BCUT2D eigenvalue weighted by Crippen LogP contribution is 2.24. The number of carbonyl (C=O) groups is 2. The van der Waals surface area contributed by atoms with Gasteiger partial charge in [-0.25, -0.2) is 0 Å². The Morgan fingerprint density at radius 2 is 2.22 bits per heavy atom. The van der Waals surface area contributed by atoms with E-state index in [1.165, 1.54) is 7.11 Å². The van der Waals surface area contributed by atoms with Crippen LogP contribution >= 0.6 is 0 Å². The van der Waals surface area contributed by atoms with Crippen molar-refractivity contribution < 1.29 is 14.3 Å². The molecule has 0 aromatic heterocycles. The maximum atomic E-state index is 11.9. The van der Waals surface area contributed by atoms with Crippen molar-refractivity contribution in [2.45, 2.75) is 46.0 Å². The summed E-state index contributed by atoms with van der Waals surface area (Å²) in [6, 6.07) is 0. The molecule has 0 heterocycles. The van der Waals surface area contributed by atoms with Crippen LogP contribution in [-0.4, -0.2) is 18.9 Å². The van der Waals surface area contributed by atoms with E-state index in [0.717, 1.165) is 30.4 Å². The van der Waals surface area contributed by atoms with Crippen molar-refractivity contribution >= 4 is 11.8 Å². The van der Waals surface area contributed by atoms with E-state index in [9.17, 15) is 9.59 Å². The summed E-state index contributed by atoms with van der Waals surface area (Å²) in [6.45, 7) is 3.89. The maximum absolute atomic E-state index is 11.9. The number of rotatable bonds is 5. The molecule has 0 saturated carbocycles. The molecule has 1 rings (SSSR count). The van der Waals surface area contributed by atoms with Crippen molar-refractivity contribution in [3.8, 4) is 0 Å². The van der Waals surface area contributed by atoms with Gasteiger partial charge in [0, 0.05) is 12.3 Å². The van der Waals surface area contributed by atoms with Crippen LogP contribution in [-0.2, 0) is 14.3 Å². The van der Waals surface area contributed by atoms with Crippen LogP contribution in [0.25, 0.3) is 0 Å². The minimum atomic E-state index is -0.185. The number of ketones is 1. The van der Waals surface area contributed by atoms with Crippen LogP contribution in [0.5, 0.6) is 0 Å². The van der Waals surface area contributed by atoms with Gasteiger partial charge in [0.15, 0.2) is 5.78 Å². The second-order valence-corrected chi connectivity index (χ2v) is 4.89. The zero-order valence-electron chi connectivity index (χ0n) is 11.5. The third kappa shape index (κ3) is 4.47. The number of allylic oxidation sites excluding steroid dienone is 4. The lowest BCUT2D eigenvalue weighted by Gasteiger charge is -2.18. The summed E-state index contributed by atoms with van der Waals surface area (Å²) in [4.78, 5) is 22.9. The summed E-state index contributed by atoms with van der Waals surface area (Å²) in [5.41, 5.74) is 2.05. The molecule has 100 valence electrons.